The summed E-state index contributed by atoms with van der Waals surface area (Å²) in [6, 6.07) is 5.51. The number of hydrogen-bond donors (Lipinski definition) is 1. The lowest BCUT2D eigenvalue weighted by molar-refractivity contribution is 0.409. The van der Waals surface area contributed by atoms with Gasteiger partial charge in [-0.2, -0.15) is 0 Å². The van der Waals surface area contributed by atoms with Gasteiger partial charge in [-0.15, -0.1) is 4.89 Å². The van der Waals surface area contributed by atoms with E-state index in [1.165, 1.54) is 0 Å². The third-order valence-electron chi connectivity index (χ3n) is 1.52. The largest absolute Gasteiger partial charge is 0.747 e. The van der Waals surface area contributed by atoms with Crippen molar-refractivity contribution in [3.05, 3.63) is 29.3 Å². The van der Waals surface area contributed by atoms with E-state index in [9.17, 15) is 4.57 Å². The Labute approximate surface area is 71.9 Å². The molecule has 1 aromatic carbocycles. The first-order valence-corrected chi connectivity index (χ1v) is 4.64. The van der Waals surface area contributed by atoms with Gasteiger partial charge in [-0.1, -0.05) is 12.1 Å². The number of rotatable bonds is 2. The fourth-order valence-corrected chi connectivity index (χ4v) is 1.25. The van der Waals surface area contributed by atoms with Crippen LogP contribution in [-0.4, -0.2) is 4.89 Å². The number of benzene rings is 1. The molecule has 0 aliphatic heterocycles. The van der Waals surface area contributed by atoms with Crippen molar-refractivity contribution in [1.82, 2.24) is 0 Å². The summed E-state index contributed by atoms with van der Waals surface area (Å²) < 4.78 is 15.0. The Kier molecular flexibility index (Phi) is 2.79. The first kappa shape index (κ1) is 9.17. The third-order valence-corrected chi connectivity index (χ3v) is 1.87. The molecule has 3 nitrogen and oxygen atoms in total. The van der Waals surface area contributed by atoms with Crippen molar-refractivity contribution in [2.24, 2.45) is 0 Å². The van der Waals surface area contributed by atoms with E-state index in [-0.39, 0.29) is 0 Å². The SMILES string of the molecule is Cc1ccc(C)c(O[P+](=O)O)c1. The molecule has 12 heavy (non-hydrogen) atoms. The van der Waals surface area contributed by atoms with Crippen LogP contribution in [0.25, 0.3) is 0 Å². The minimum absolute atomic E-state index is 0.471. The summed E-state index contributed by atoms with van der Waals surface area (Å²) >= 11 is 0. The smallest absolute Gasteiger partial charge is 0.229 e. The molecule has 0 fully saturated rings. The van der Waals surface area contributed by atoms with Crippen molar-refractivity contribution in [3.63, 3.8) is 0 Å². The summed E-state index contributed by atoms with van der Waals surface area (Å²) in [7, 11) is -2.56. The van der Waals surface area contributed by atoms with Gasteiger partial charge in [0, 0.05) is 4.57 Å². The molecule has 0 radical (unpaired) electrons. The lowest BCUT2D eigenvalue weighted by Crippen LogP contribution is -1.85. The van der Waals surface area contributed by atoms with Crippen molar-refractivity contribution in [2.45, 2.75) is 13.8 Å². The highest BCUT2D eigenvalue weighted by Crippen LogP contribution is 2.27. The van der Waals surface area contributed by atoms with Crippen molar-refractivity contribution >= 4 is 8.25 Å². The Hall–Kier alpha value is -0.920. The van der Waals surface area contributed by atoms with E-state index in [1.54, 1.807) is 6.07 Å². The van der Waals surface area contributed by atoms with Crippen LogP contribution in [-0.2, 0) is 4.57 Å². The highest BCUT2D eigenvalue weighted by Gasteiger charge is 2.15. The number of hydrogen-bond acceptors (Lipinski definition) is 2. The zero-order chi connectivity index (χ0) is 9.14. The van der Waals surface area contributed by atoms with E-state index in [2.05, 4.69) is 0 Å². The van der Waals surface area contributed by atoms with Crippen LogP contribution in [0, 0.1) is 13.8 Å². The summed E-state index contributed by atoms with van der Waals surface area (Å²) in [5, 5.41) is 0. The lowest BCUT2D eigenvalue weighted by atomic mass is 10.1. The topological polar surface area (TPSA) is 46.5 Å². The standard InChI is InChI=1S/C8H9O3P/c1-6-3-4-7(2)8(5-6)11-12(9)10/h3-5H,1-2H3/p+1. The quantitative estimate of drug-likeness (QED) is 0.719. The first-order chi connectivity index (χ1) is 5.59. The van der Waals surface area contributed by atoms with E-state index in [0.29, 0.717) is 5.75 Å². The molecule has 0 bridgehead atoms. The van der Waals surface area contributed by atoms with Crippen molar-refractivity contribution in [2.75, 3.05) is 0 Å². The van der Waals surface area contributed by atoms with E-state index < -0.39 is 8.25 Å². The molecule has 1 rings (SSSR count). The summed E-state index contributed by atoms with van der Waals surface area (Å²) in [6.07, 6.45) is 0. The summed E-state index contributed by atoms with van der Waals surface area (Å²) in [4.78, 5) is 8.51. The maximum absolute atomic E-state index is 10.4. The van der Waals surface area contributed by atoms with Gasteiger partial charge >= 0.3 is 8.25 Å². The Morgan fingerprint density at radius 1 is 1.42 bits per heavy atom. The molecule has 0 saturated carbocycles. The van der Waals surface area contributed by atoms with Crippen LogP contribution < -0.4 is 4.52 Å². The molecule has 0 aliphatic rings. The molecule has 0 amide bonds. The molecule has 0 spiro atoms. The van der Waals surface area contributed by atoms with Gasteiger partial charge < -0.3 is 0 Å². The van der Waals surface area contributed by atoms with E-state index >= 15 is 0 Å². The predicted molar refractivity (Wildman–Crippen MR) is 46.4 cm³/mol. The van der Waals surface area contributed by atoms with Crippen LogP contribution in [0.2, 0.25) is 0 Å². The summed E-state index contributed by atoms with van der Waals surface area (Å²) in [5.41, 5.74) is 1.87. The van der Waals surface area contributed by atoms with E-state index in [1.807, 2.05) is 26.0 Å². The Bertz CT molecular complexity index is 309. The maximum atomic E-state index is 10.4. The average molecular weight is 185 g/mol. The second kappa shape index (κ2) is 3.65. The molecule has 64 valence electrons. The monoisotopic (exact) mass is 185 g/mol. The third kappa shape index (κ3) is 2.29. The highest BCUT2D eigenvalue weighted by molar-refractivity contribution is 7.32. The molecule has 0 saturated heterocycles. The van der Waals surface area contributed by atoms with Crippen LogP contribution in [0.5, 0.6) is 5.75 Å². The lowest BCUT2D eigenvalue weighted by Gasteiger charge is -1.98. The summed E-state index contributed by atoms with van der Waals surface area (Å²) in [6.45, 7) is 3.73. The van der Waals surface area contributed by atoms with Crippen LogP contribution in [0.1, 0.15) is 11.1 Å². The van der Waals surface area contributed by atoms with Gasteiger partial charge in [0.15, 0.2) is 5.75 Å². The van der Waals surface area contributed by atoms with Crippen molar-refractivity contribution < 1.29 is 14.0 Å². The fraction of sp³-hybridized carbons (Fsp3) is 0.250. The average Bonchev–Trinajstić information content (AvgIpc) is 1.96. The van der Waals surface area contributed by atoms with Gasteiger partial charge in [0.2, 0.25) is 0 Å². The minimum Gasteiger partial charge on any atom is -0.229 e. The van der Waals surface area contributed by atoms with Gasteiger partial charge in [-0.05, 0) is 31.0 Å². The Morgan fingerprint density at radius 3 is 2.67 bits per heavy atom. The minimum atomic E-state index is -2.56. The molecular weight excluding hydrogens is 175 g/mol. The van der Waals surface area contributed by atoms with Crippen LogP contribution in [0.15, 0.2) is 18.2 Å². The second-order valence-corrected chi connectivity index (χ2v) is 3.26. The molecule has 0 heterocycles. The molecule has 1 N–H and O–H groups in total. The van der Waals surface area contributed by atoms with Gasteiger partial charge in [-0.3, -0.25) is 0 Å². The van der Waals surface area contributed by atoms with Crippen LogP contribution in [0.3, 0.4) is 0 Å². The van der Waals surface area contributed by atoms with Crippen LogP contribution in [0.4, 0.5) is 0 Å². The van der Waals surface area contributed by atoms with Crippen molar-refractivity contribution in [3.8, 4) is 5.75 Å². The zero-order valence-corrected chi connectivity index (χ0v) is 7.84. The molecule has 1 aromatic rings. The molecule has 0 aliphatic carbocycles. The molecule has 0 aromatic heterocycles. The number of aryl methyl sites for hydroxylation is 2. The van der Waals surface area contributed by atoms with Gasteiger partial charge in [-0.25, -0.2) is 4.52 Å². The molecular formula is C8H10O3P+. The van der Waals surface area contributed by atoms with Gasteiger partial charge in [0.05, 0.1) is 0 Å². The fourth-order valence-electron chi connectivity index (χ4n) is 0.890. The summed E-state index contributed by atoms with van der Waals surface area (Å²) in [5.74, 6) is 0.471. The van der Waals surface area contributed by atoms with Gasteiger partial charge in [0.1, 0.15) is 0 Å². The molecule has 1 atom stereocenters. The van der Waals surface area contributed by atoms with E-state index in [0.717, 1.165) is 11.1 Å². The highest BCUT2D eigenvalue weighted by atomic mass is 31.1. The Balaban J connectivity index is 2.97. The molecule has 1 unspecified atom stereocenters. The normalized spacial score (nSPS) is 11.1. The van der Waals surface area contributed by atoms with E-state index in [4.69, 9.17) is 9.42 Å². The van der Waals surface area contributed by atoms with Crippen molar-refractivity contribution in [1.29, 1.82) is 0 Å². The maximum Gasteiger partial charge on any atom is 0.747 e. The Morgan fingerprint density at radius 2 is 2.08 bits per heavy atom. The second-order valence-electron chi connectivity index (χ2n) is 2.60. The van der Waals surface area contributed by atoms with Crippen LogP contribution >= 0.6 is 8.25 Å². The first-order valence-electron chi connectivity index (χ1n) is 3.51. The predicted octanol–water partition coefficient (Wildman–Crippen LogP) is 2.33. The van der Waals surface area contributed by atoms with Gasteiger partial charge in [0.25, 0.3) is 0 Å². The zero-order valence-electron chi connectivity index (χ0n) is 6.94. The molecule has 4 heteroatoms.